The van der Waals surface area contributed by atoms with Crippen molar-refractivity contribution in [1.29, 1.82) is 0 Å². The van der Waals surface area contributed by atoms with Gasteiger partial charge in [-0.25, -0.2) is 4.79 Å². The number of esters is 1. The van der Waals surface area contributed by atoms with Gasteiger partial charge in [0.05, 0.1) is 42.9 Å². The standard InChI is InChI=1S/C38H57N3O8/c1-34(2,3)32-41-31(44)36(6,7)38(46,37(41,25-48-32)33(45)47-8)22-16-10-13-20-27-23-28(49-40-27)24-39-30(43)35(4,5)29(42)21-15-14-19-26-17-11-9-12-18-26/h9,11-12,17-18,23,29,32,42,46H,10,13-16,19-22,24-25H2,1-8H3,(H,39,43)/t29?,32-,37+,38+/m1/s1. The van der Waals surface area contributed by atoms with E-state index in [-0.39, 0.29) is 31.4 Å². The molecule has 11 heteroatoms. The summed E-state index contributed by atoms with van der Waals surface area (Å²) in [6.07, 6.45) is 4.64. The molecule has 0 bridgehead atoms. The number of unbranched alkanes of at least 4 members (excludes halogenated alkanes) is 3. The van der Waals surface area contributed by atoms with Gasteiger partial charge >= 0.3 is 5.97 Å². The Hall–Kier alpha value is -3.28. The van der Waals surface area contributed by atoms with E-state index in [4.69, 9.17) is 14.0 Å². The van der Waals surface area contributed by atoms with Crippen LogP contribution in [0.25, 0.3) is 0 Å². The number of fused-ring (bicyclic) bond motifs is 1. The number of nitrogens with one attached hydrogen (secondary N) is 1. The summed E-state index contributed by atoms with van der Waals surface area (Å²) >= 11 is 0. The summed E-state index contributed by atoms with van der Waals surface area (Å²) in [7, 11) is 1.27. The average molecular weight is 684 g/mol. The van der Waals surface area contributed by atoms with Crippen LogP contribution in [0.5, 0.6) is 0 Å². The number of carbonyl (C=O) groups excluding carboxylic acids is 3. The number of hydrogen-bond donors (Lipinski definition) is 3. The van der Waals surface area contributed by atoms with Gasteiger partial charge < -0.3 is 29.5 Å². The van der Waals surface area contributed by atoms with Crippen molar-refractivity contribution >= 4 is 17.8 Å². The zero-order valence-corrected chi connectivity index (χ0v) is 30.6. The maximum absolute atomic E-state index is 13.8. The van der Waals surface area contributed by atoms with Gasteiger partial charge in [0, 0.05) is 11.5 Å². The Balaban J connectivity index is 1.25. The maximum Gasteiger partial charge on any atom is 0.337 e. The first-order chi connectivity index (χ1) is 22.9. The Bertz CT molecular complexity index is 1450. The van der Waals surface area contributed by atoms with Crippen molar-refractivity contribution in [3.63, 3.8) is 0 Å². The SMILES string of the molecule is COC(=O)[C@]12CO[C@H](C(C)(C)C)N1C(=O)C(C)(C)[C@@]2(O)CCCCCc1cc(CNC(=O)C(C)(C)C(O)CCCCc2ccccc2)on1. The van der Waals surface area contributed by atoms with Crippen molar-refractivity contribution in [2.75, 3.05) is 13.7 Å². The number of benzene rings is 1. The van der Waals surface area contributed by atoms with E-state index in [2.05, 4.69) is 22.6 Å². The third-order valence-electron chi connectivity index (χ3n) is 10.8. The molecule has 4 rings (SSSR count). The van der Waals surface area contributed by atoms with E-state index < -0.39 is 45.7 Å². The number of aliphatic hydroxyl groups is 2. The number of aryl methyl sites for hydroxylation is 2. The molecule has 11 nitrogen and oxygen atoms in total. The van der Waals surface area contributed by atoms with Crippen molar-refractivity contribution in [3.05, 3.63) is 53.4 Å². The van der Waals surface area contributed by atoms with Crippen LogP contribution in [0.3, 0.4) is 0 Å². The minimum Gasteiger partial charge on any atom is -0.467 e. The predicted molar refractivity (Wildman–Crippen MR) is 184 cm³/mol. The molecule has 0 aliphatic carbocycles. The molecule has 0 spiro atoms. The molecule has 2 aromatic rings. The lowest BCUT2D eigenvalue weighted by atomic mass is 9.65. The Morgan fingerprint density at radius 3 is 2.39 bits per heavy atom. The number of ether oxygens (including phenoxy) is 2. The normalized spacial score (nSPS) is 24.2. The van der Waals surface area contributed by atoms with E-state index >= 15 is 0 Å². The molecule has 1 aromatic carbocycles. The largest absolute Gasteiger partial charge is 0.467 e. The van der Waals surface area contributed by atoms with Crippen molar-refractivity contribution in [3.8, 4) is 0 Å². The minimum atomic E-state index is -1.70. The van der Waals surface area contributed by atoms with Crippen LogP contribution in [0.2, 0.25) is 0 Å². The van der Waals surface area contributed by atoms with Crippen LogP contribution in [0.15, 0.2) is 40.9 Å². The first kappa shape index (κ1) is 38.5. The second kappa shape index (κ2) is 14.9. The van der Waals surface area contributed by atoms with Crippen LogP contribution in [-0.4, -0.2) is 75.2 Å². The molecule has 0 saturated carbocycles. The molecule has 4 atom stereocenters. The quantitative estimate of drug-likeness (QED) is 0.162. The lowest BCUT2D eigenvalue weighted by Crippen LogP contribution is -2.66. The minimum absolute atomic E-state index is 0.129. The van der Waals surface area contributed by atoms with E-state index in [9.17, 15) is 24.6 Å². The first-order valence-electron chi connectivity index (χ1n) is 17.6. The predicted octanol–water partition coefficient (Wildman–Crippen LogP) is 5.11. The summed E-state index contributed by atoms with van der Waals surface area (Å²) in [5.74, 6) is -0.722. The van der Waals surface area contributed by atoms with E-state index in [0.29, 0.717) is 31.4 Å². The summed E-state index contributed by atoms with van der Waals surface area (Å²) in [4.78, 5) is 41.6. The third kappa shape index (κ3) is 7.44. The number of nitrogens with zero attached hydrogens (tertiary/aromatic N) is 2. The highest BCUT2D eigenvalue weighted by Gasteiger charge is 2.79. The molecule has 1 aromatic heterocycles. The molecule has 2 aliphatic rings. The van der Waals surface area contributed by atoms with Gasteiger partial charge in [0.25, 0.3) is 0 Å². The number of rotatable bonds is 16. The lowest BCUT2D eigenvalue weighted by molar-refractivity contribution is -0.173. The smallest absolute Gasteiger partial charge is 0.337 e. The Labute approximate surface area is 291 Å². The Morgan fingerprint density at radius 2 is 1.73 bits per heavy atom. The van der Waals surface area contributed by atoms with Gasteiger partial charge in [-0.2, -0.15) is 0 Å². The summed E-state index contributed by atoms with van der Waals surface area (Å²) in [5, 5.41) is 30.1. The number of amides is 2. The number of aromatic nitrogens is 1. The second-order valence-electron chi connectivity index (χ2n) is 16.0. The van der Waals surface area contributed by atoms with E-state index in [0.717, 1.165) is 31.4 Å². The monoisotopic (exact) mass is 683 g/mol. The lowest BCUT2D eigenvalue weighted by Gasteiger charge is -2.44. The highest BCUT2D eigenvalue weighted by Crippen LogP contribution is 2.58. The topological polar surface area (TPSA) is 151 Å². The number of carbonyl (C=O) groups is 3. The highest BCUT2D eigenvalue weighted by atomic mass is 16.6. The Morgan fingerprint density at radius 1 is 1.06 bits per heavy atom. The van der Waals surface area contributed by atoms with Gasteiger partial charge in [0.1, 0.15) is 11.8 Å². The van der Waals surface area contributed by atoms with Crippen molar-refractivity contribution in [2.45, 2.75) is 136 Å². The summed E-state index contributed by atoms with van der Waals surface area (Å²) in [6, 6.07) is 12.0. The molecule has 2 fully saturated rings. The number of methoxy groups -OCH3 is 1. The van der Waals surface area contributed by atoms with Gasteiger partial charge in [-0.3, -0.25) is 14.5 Å². The van der Waals surface area contributed by atoms with Crippen LogP contribution in [-0.2, 0) is 43.2 Å². The summed E-state index contributed by atoms with van der Waals surface area (Å²) in [6.45, 7) is 12.7. The molecular formula is C38H57N3O8. The number of aliphatic hydroxyl groups excluding tert-OH is 1. The zero-order valence-electron chi connectivity index (χ0n) is 30.6. The van der Waals surface area contributed by atoms with E-state index in [1.165, 1.54) is 17.6 Å². The van der Waals surface area contributed by atoms with Crippen LogP contribution in [0.4, 0.5) is 0 Å². The Kier molecular flexibility index (Phi) is 11.7. The maximum atomic E-state index is 13.8. The van der Waals surface area contributed by atoms with Gasteiger partial charge in [0.2, 0.25) is 11.8 Å². The first-order valence-corrected chi connectivity index (χ1v) is 17.6. The van der Waals surface area contributed by atoms with Crippen LogP contribution in [0.1, 0.15) is 110 Å². The van der Waals surface area contributed by atoms with Gasteiger partial charge in [0.15, 0.2) is 11.3 Å². The molecule has 0 radical (unpaired) electrons. The fourth-order valence-corrected chi connectivity index (χ4v) is 7.43. The fraction of sp³-hybridized carbons (Fsp3) is 0.684. The molecular weight excluding hydrogens is 626 g/mol. The van der Waals surface area contributed by atoms with E-state index in [1.807, 2.05) is 45.0 Å². The van der Waals surface area contributed by atoms with Crippen molar-refractivity contribution in [1.82, 2.24) is 15.4 Å². The van der Waals surface area contributed by atoms with Gasteiger partial charge in [-0.15, -0.1) is 0 Å². The van der Waals surface area contributed by atoms with Gasteiger partial charge in [-0.05, 0) is 71.8 Å². The van der Waals surface area contributed by atoms with Crippen molar-refractivity contribution in [2.24, 2.45) is 16.2 Å². The molecule has 3 heterocycles. The van der Waals surface area contributed by atoms with Crippen molar-refractivity contribution < 1.29 is 38.6 Å². The van der Waals surface area contributed by atoms with Crippen LogP contribution >= 0.6 is 0 Å². The van der Waals surface area contributed by atoms with Gasteiger partial charge in [-0.1, -0.05) is 75.5 Å². The molecule has 2 saturated heterocycles. The summed E-state index contributed by atoms with van der Waals surface area (Å²) in [5.41, 5.74) is -3.99. The molecule has 3 N–H and O–H groups in total. The molecule has 49 heavy (non-hydrogen) atoms. The van der Waals surface area contributed by atoms with E-state index in [1.54, 1.807) is 27.7 Å². The molecule has 2 aliphatic heterocycles. The third-order valence-corrected chi connectivity index (χ3v) is 10.8. The second-order valence-corrected chi connectivity index (χ2v) is 16.0. The van der Waals surface area contributed by atoms with Crippen LogP contribution < -0.4 is 5.32 Å². The molecule has 1 unspecified atom stereocenters. The molecule has 2 amide bonds. The van der Waals surface area contributed by atoms with Crippen LogP contribution in [0, 0.1) is 16.2 Å². The summed E-state index contributed by atoms with van der Waals surface area (Å²) < 4.78 is 16.7. The molecule has 272 valence electrons. The number of hydrogen-bond acceptors (Lipinski definition) is 9. The fourth-order valence-electron chi connectivity index (χ4n) is 7.43. The zero-order chi connectivity index (χ0) is 36.3. The average Bonchev–Trinajstić information content (AvgIpc) is 3.73. The highest BCUT2D eigenvalue weighted by molar-refractivity contribution is 5.98.